The predicted octanol–water partition coefficient (Wildman–Crippen LogP) is 19.3. The van der Waals surface area contributed by atoms with Gasteiger partial charge in [0.15, 0.2) is 0 Å². The van der Waals surface area contributed by atoms with E-state index in [-0.39, 0.29) is 61.0 Å². The lowest BCUT2D eigenvalue weighted by molar-refractivity contribution is -0.138. The highest BCUT2D eigenvalue weighted by Crippen LogP contribution is 2.36. The highest BCUT2D eigenvalue weighted by molar-refractivity contribution is 7.91. The molecule has 8 N–H and O–H groups in total. The van der Waals surface area contributed by atoms with E-state index < -0.39 is 51.8 Å². The number of carbonyl (C=O) groups is 2. The van der Waals surface area contributed by atoms with E-state index in [9.17, 15) is 52.0 Å². The van der Waals surface area contributed by atoms with Crippen molar-refractivity contribution >= 4 is 120 Å². The standard InChI is InChI=1S/2C29H26ClFN4O4S.2C7H8O3S.2C6H12O2.2CH4/c2*1-40(36,37)12-11-32-16-23-7-10-27(39-23)20-5-8-26-24(14-20)29(34-18-33-26)35-22-6-9-28(25(30)15-22)38-17-19-3-2-4-21(31)13-19;2*1-6-2-4-7(5-3-6)11(8,9)10;2*1-2-3-4-5-6(7)8;;/h2*2-10,13-15,18,32H,11-12,16-17H2,1H3,(H,33,34,35);2*2-5H,1H3,(H,8,9,10);2*2-5H2,1H3,(H,7,8);2*1H4. The maximum Gasteiger partial charge on any atom is 0.303 e. The largest absolute Gasteiger partial charge is 0.487 e. The van der Waals surface area contributed by atoms with Gasteiger partial charge in [0.1, 0.15) is 103 Å². The molecule has 0 saturated carbocycles. The number of nitrogens with one attached hydrogen (secondary N) is 4. The number of furan rings is 2. The minimum atomic E-state index is -4.02. The molecule has 34 heteroatoms. The number of rotatable bonds is 32. The Morgan fingerprint density at radius 3 is 1.17 bits per heavy atom. The number of ether oxygens (including phenoxy) is 2. The molecule has 0 aliphatic rings. The van der Waals surface area contributed by atoms with Crippen LogP contribution in [0.25, 0.3) is 44.5 Å². The van der Waals surface area contributed by atoms with Crippen LogP contribution < -0.4 is 30.7 Å². The molecule has 0 aliphatic carbocycles. The van der Waals surface area contributed by atoms with Crippen molar-refractivity contribution in [1.29, 1.82) is 0 Å². The van der Waals surface area contributed by atoms with Crippen LogP contribution in [0.4, 0.5) is 31.8 Å². The number of aromatic nitrogens is 4. The van der Waals surface area contributed by atoms with Gasteiger partial charge < -0.3 is 49.8 Å². The molecule has 4 heterocycles. The van der Waals surface area contributed by atoms with Crippen LogP contribution in [0.5, 0.6) is 11.5 Å². The zero-order valence-corrected chi connectivity index (χ0v) is 70.2. The molecule has 0 atom stereocenters. The molecule has 0 saturated heterocycles. The monoisotopic (exact) mass is 1770 g/mol. The van der Waals surface area contributed by atoms with Gasteiger partial charge >= 0.3 is 11.9 Å². The van der Waals surface area contributed by atoms with Gasteiger partial charge in [-0.15, -0.1) is 0 Å². The topological polar surface area (TPSA) is 396 Å². The lowest BCUT2D eigenvalue weighted by atomic mass is 10.1. The van der Waals surface area contributed by atoms with Crippen LogP contribution in [0.2, 0.25) is 10.0 Å². The molecule has 644 valence electrons. The Morgan fingerprint density at radius 1 is 0.467 bits per heavy atom. The van der Waals surface area contributed by atoms with Crippen LogP contribution >= 0.6 is 23.2 Å². The average molecular weight is 1770 g/mol. The number of benzene rings is 8. The number of hydrogen-bond donors (Lipinski definition) is 8. The first kappa shape index (κ1) is 99.8. The van der Waals surface area contributed by atoms with E-state index in [0.717, 1.165) is 82.6 Å². The van der Waals surface area contributed by atoms with Gasteiger partial charge in [-0.25, -0.2) is 45.6 Å². The third-order valence-corrected chi connectivity index (χ3v) is 20.9. The van der Waals surface area contributed by atoms with E-state index in [1.165, 1.54) is 73.7 Å². The molecule has 8 aromatic carbocycles. The molecule has 12 rings (SSSR count). The second kappa shape index (κ2) is 49.1. The summed E-state index contributed by atoms with van der Waals surface area (Å²) in [5.41, 5.74) is 7.89. The second-order valence-electron chi connectivity index (χ2n) is 26.7. The van der Waals surface area contributed by atoms with Gasteiger partial charge in [-0.2, -0.15) is 16.8 Å². The molecular weight excluding hydrogens is 1670 g/mol. The molecule has 0 aliphatic heterocycles. The molecule has 0 fully saturated rings. The first-order valence-electron chi connectivity index (χ1n) is 36.9. The highest BCUT2D eigenvalue weighted by Gasteiger charge is 2.16. The number of hydrogen-bond acceptors (Lipinski definition) is 22. The fourth-order valence-electron chi connectivity index (χ4n) is 10.5. The second-order valence-corrected chi connectivity index (χ2v) is 34.9. The number of carboxylic acids is 2. The van der Waals surface area contributed by atoms with Crippen molar-refractivity contribution in [1.82, 2.24) is 30.6 Å². The molecular formula is C86H100Cl2F2N8O18S4. The van der Waals surface area contributed by atoms with Gasteiger partial charge in [-0.05, 0) is 183 Å². The van der Waals surface area contributed by atoms with E-state index in [1.54, 1.807) is 72.8 Å². The van der Waals surface area contributed by atoms with Gasteiger partial charge in [-0.3, -0.25) is 18.7 Å². The van der Waals surface area contributed by atoms with E-state index >= 15 is 0 Å². The van der Waals surface area contributed by atoms with Gasteiger partial charge in [0.25, 0.3) is 20.2 Å². The normalized spacial score (nSPS) is 11.0. The molecule has 26 nitrogen and oxygen atoms in total. The number of nitrogens with zero attached hydrogens (tertiary/aromatic N) is 4. The number of aryl methyl sites for hydroxylation is 2. The minimum Gasteiger partial charge on any atom is -0.487 e. The lowest BCUT2D eigenvalue weighted by Gasteiger charge is -2.12. The Labute approximate surface area is 709 Å². The number of halogens is 4. The molecule has 12 aromatic rings. The summed E-state index contributed by atoms with van der Waals surface area (Å²) in [6.07, 6.45) is 11.9. The summed E-state index contributed by atoms with van der Waals surface area (Å²) in [7, 11) is -14.1. The number of sulfone groups is 2. The minimum absolute atomic E-state index is 0. The summed E-state index contributed by atoms with van der Waals surface area (Å²) in [6.45, 7) is 9.71. The number of fused-ring (bicyclic) bond motifs is 2. The summed E-state index contributed by atoms with van der Waals surface area (Å²) in [5, 5.41) is 31.4. The molecule has 0 spiro atoms. The summed E-state index contributed by atoms with van der Waals surface area (Å²) < 4.78 is 155. The molecule has 0 amide bonds. The molecule has 4 aromatic heterocycles. The summed E-state index contributed by atoms with van der Waals surface area (Å²) in [4.78, 5) is 37.2. The van der Waals surface area contributed by atoms with Crippen LogP contribution in [0.15, 0.2) is 225 Å². The Hall–Kier alpha value is -10.8. The average Bonchev–Trinajstić information content (AvgIpc) is 0.917. The zero-order valence-electron chi connectivity index (χ0n) is 65.4. The first-order chi connectivity index (χ1) is 56.0. The summed E-state index contributed by atoms with van der Waals surface area (Å²) in [6, 6.07) is 53.9. The number of carboxylic acid groups (broad SMARTS) is 2. The lowest BCUT2D eigenvalue weighted by Crippen LogP contribution is -2.21. The van der Waals surface area contributed by atoms with E-state index in [2.05, 4.69) is 55.1 Å². The summed E-state index contributed by atoms with van der Waals surface area (Å²) in [5.74, 6) is 2.98. The van der Waals surface area contributed by atoms with Gasteiger partial charge in [-0.1, -0.05) is 137 Å². The Balaban J connectivity index is 0.000000295. The van der Waals surface area contributed by atoms with Crippen molar-refractivity contribution in [3.63, 3.8) is 0 Å². The first-order valence-corrected chi connectivity index (χ1v) is 44.6. The van der Waals surface area contributed by atoms with Crippen LogP contribution in [0.3, 0.4) is 0 Å². The third kappa shape index (κ3) is 36.0. The van der Waals surface area contributed by atoms with E-state index in [1.807, 2.05) is 86.6 Å². The molecule has 120 heavy (non-hydrogen) atoms. The van der Waals surface area contributed by atoms with Gasteiger partial charge in [0.2, 0.25) is 0 Å². The van der Waals surface area contributed by atoms with Crippen LogP contribution in [-0.2, 0) is 75.8 Å². The SMILES string of the molecule is C.C.CCCCCC(=O)O.CCCCCC(=O)O.CS(=O)(=O)CCNCc1ccc(-c2ccc3ncnc(Nc4ccc(OCc5cccc(F)c5)c(Cl)c4)c3c2)o1.CS(=O)(=O)CCNCc1ccc(-c2ccc3ncnc(Nc4ccc(OCc5cccc(F)c5)c(Cl)c4)c3c2)o1.Cc1ccc(S(=O)(=O)O)cc1.Cc1ccc(S(=O)(=O)O)cc1. The van der Waals surface area contributed by atoms with Crippen molar-refractivity contribution in [2.75, 3.05) is 47.7 Å². The molecule has 0 radical (unpaired) electrons. The fourth-order valence-corrected chi connectivity index (χ4v) is 13.0. The van der Waals surface area contributed by atoms with Crippen molar-refractivity contribution in [3.8, 4) is 34.1 Å². The van der Waals surface area contributed by atoms with E-state index in [0.29, 0.717) is 118 Å². The predicted molar refractivity (Wildman–Crippen MR) is 467 cm³/mol. The maximum atomic E-state index is 13.4. The van der Waals surface area contributed by atoms with Crippen molar-refractivity contribution in [3.05, 3.63) is 262 Å². The van der Waals surface area contributed by atoms with E-state index in [4.69, 9.17) is 60.8 Å². The fraction of sp³-hybridized carbons (Fsp3) is 0.279. The Kier molecular flexibility index (Phi) is 40.8. The Bertz CT molecular complexity index is 5420. The van der Waals surface area contributed by atoms with Crippen LogP contribution in [0, 0.1) is 25.5 Å². The number of anilines is 4. The van der Waals surface area contributed by atoms with Crippen molar-refractivity contribution in [2.45, 2.75) is 130 Å². The van der Waals surface area contributed by atoms with Gasteiger partial charge in [0, 0.05) is 71.7 Å². The van der Waals surface area contributed by atoms with Crippen molar-refractivity contribution < 1.29 is 89.7 Å². The maximum absolute atomic E-state index is 13.4. The smallest absolute Gasteiger partial charge is 0.303 e. The number of unbranched alkanes of at least 4 members (excludes halogenated alkanes) is 4. The molecule has 0 bridgehead atoms. The number of aliphatic carboxylic acids is 2. The van der Waals surface area contributed by atoms with Crippen LogP contribution in [-0.4, -0.2) is 122 Å². The highest BCUT2D eigenvalue weighted by atomic mass is 35.5. The third-order valence-electron chi connectivity index (χ3n) is 16.6. The van der Waals surface area contributed by atoms with Crippen LogP contribution in [0.1, 0.15) is 114 Å². The molecule has 0 unspecified atom stereocenters. The quantitative estimate of drug-likeness (QED) is 0.0143. The Morgan fingerprint density at radius 2 is 0.842 bits per heavy atom. The van der Waals surface area contributed by atoms with Gasteiger partial charge in [0.05, 0.1) is 55.5 Å². The summed E-state index contributed by atoms with van der Waals surface area (Å²) >= 11 is 12.9. The van der Waals surface area contributed by atoms with Crippen molar-refractivity contribution in [2.24, 2.45) is 0 Å². The zero-order chi connectivity index (χ0) is 86.0.